The first kappa shape index (κ1) is 27.0. The minimum Gasteiger partial charge on any atom is -0.460 e. The Balaban J connectivity index is 1.90. The third-order valence-electron chi connectivity index (χ3n) is 6.57. The standard InChI is InChI=1S/C24H30F2INO6/c1-22(2,31)23(21(30)34-14-16-7-5-4-6-8-16)11-9-17(13-23)28(20(29)24(25,26)27)18-10-12-33-15-19(18)32-3/h4-9,11,17-19,31H,10,12-15H2,1-3H3/t17-,18+,19-,23-/m1/s1. The lowest BCUT2D eigenvalue weighted by molar-refractivity contribution is -0.171. The molecule has 4 atom stereocenters. The first-order valence-corrected chi connectivity index (χ1v) is 12.1. The fraction of sp³-hybridized carbons (Fsp3) is 0.583. The molecule has 0 saturated carbocycles. The largest absolute Gasteiger partial charge is 0.460 e. The van der Waals surface area contributed by atoms with Crippen molar-refractivity contribution in [2.24, 2.45) is 5.41 Å². The molecule has 10 heteroatoms. The Labute approximate surface area is 211 Å². The Kier molecular flexibility index (Phi) is 8.37. The van der Waals surface area contributed by atoms with E-state index in [0.29, 0.717) is 6.42 Å². The van der Waals surface area contributed by atoms with Crippen molar-refractivity contribution in [3.05, 3.63) is 48.0 Å². The second-order valence-corrected chi connectivity index (χ2v) is 10.5. The lowest BCUT2D eigenvalue weighted by atomic mass is 9.72. The van der Waals surface area contributed by atoms with Crippen molar-refractivity contribution in [1.82, 2.24) is 4.90 Å². The second kappa shape index (κ2) is 10.5. The minimum absolute atomic E-state index is 0.00378. The molecule has 3 rings (SSSR count). The van der Waals surface area contributed by atoms with Crippen molar-refractivity contribution < 1.29 is 37.7 Å². The van der Waals surface area contributed by atoms with Gasteiger partial charge in [0.2, 0.25) is 0 Å². The number of nitrogens with zero attached hydrogens (tertiary/aromatic N) is 1. The van der Waals surface area contributed by atoms with Gasteiger partial charge >= 0.3 is 15.8 Å². The maximum Gasteiger partial charge on any atom is 0.372 e. The van der Waals surface area contributed by atoms with Gasteiger partial charge in [0.05, 0.1) is 24.3 Å². The summed E-state index contributed by atoms with van der Waals surface area (Å²) in [6, 6.07) is 7.52. The molecule has 0 aromatic heterocycles. The maximum atomic E-state index is 14.3. The minimum atomic E-state index is -3.66. The summed E-state index contributed by atoms with van der Waals surface area (Å²) in [7, 11) is 1.43. The molecule has 7 nitrogen and oxygen atoms in total. The molecule has 0 unspecified atom stereocenters. The Bertz CT molecular complexity index is 901. The molecule has 1 aliphatic carbocycles. The molecule has 1 saturated heterocycles. The van der Waals surface area contributed by atoms with Gasteiger partial charge in [0.25, 0.3) is 0 Å². The van der Waals surface area contributed by atoms with Crippen LogP contribution >= 0.6 is 22.6 Å². The van der Waals surface area contributed by atoms with Crippen LogP contribution in [-0.4, -0.2) is 69.9 Å². The highest BCUT2D eigenvalue weighted by Crippen LogP contribution is 2.46. The maximum absolute atomic E-state index is 14.3. The fourth-order valence-corrected chi connectivity index (χ4v) is 4.86. The highest BCUT2D eigenvalue weighted by Gasteiger charge is 2.57. The van der Waals surface area contributed by atoms with E-state index in [1.807, 2.05) is 18.2 Å². The number of carbonyl (C=O) groups excluding carboxylic acids is 2. The summed E-state index contributed by atoms with van der Waals surface area (Å²) in [5.41, 5.74) is -2.34. The number of esters is 1. The van der Waals surface area contributed by atoms with E-state index in [0.717, 1.165) is 33.1 Å². The highest BCUT2D eigenvalue weighted by molar-refractivity contribution is 14.1. The SMILES string of the molecule is CO[C@@H]1COCC[C@@H]1N(C(=O)C(F)(F)I)[C@@H]1C=C[C@@](C(=O)OCc2ccccc2)(C(C)(C)O)C1. The van der Waals surface area contributed by atoms with Crippen LogP contribution in [0.25, 0.3) is 0 Å². The smallest absolute Gasteiger partial charge is 0.372 e. The van der Waals surface area contributed by atoms with Gasteiger partial charge in [-0.2, -0.15) is 8.78 Å². The van der Waals surface area contributed by atoms with Crippen LogP contribution in [0.3, 0.4) is 0 Å². The molecule has 1 aromatic rings. The summed E-state index contributed by atoms with van der Waals surface area (Å²) in [6.07, 6.45) is 2.61. The molecule has 34 heavy (non-hydrogen) atoms. The normalized spacial score (nSPS) is 27.4. The van der Waals surface area contributed by atoms with E-state index in [9.17, 15) is 23.5 Å². The summed E-state index contributed by atoms with van der Waals surface area (Å²) in [6.45, 7) is 3.37. The lowest BCUT2D eigenvalue weighted by Gasteiger charge is -2.44. The Morgan fingerprint density at radius 1 is 1.29 bits per heavy atom. The molecule has 1 heterocycles. The molecule has 0 radical (unpaired) electrons. The van der Waals surface area contributed by atoms with Crippen LogP contribution in [0.1, 0.15) is 32.3 Å². The van der Waals surface area contributed by atoms with Crippen LogP contribution in [0.15, 0.2) is 42.5 Å². The number of hydrogen-bond acceptors (Lipinski definition) is 6. The zero-order valence-corrected chi connectivity index (χ0v) is 21.5. The number of alkyl halides is 3. The van der Waals surface area contributed by atoms with E-state index in [1.54, 1.807) is 12.1 Å². The first-order valence-electron chi connectivity index (χ1n) is 11.0. The molecule has 188 valence electrons. The van der Waals surface area contributed by atoms with Crippen molar-refractivity contribution in [3.8, 4) is 0 Å². The number of benzene rings is 1. The number of halogens is 3. The van der Waals surface area contributed by atoms with Crippen LogP contribution in [0, 0.1) is 5.41 Å². The van der Waals surface area contributed by atoms with Crippen LogP contribution < -0.4 is 0 Å². The number of amides is 1. The number of carbonyl (C=O) groups is 2. The highest BCUT2D eigenvalue weighted by atomic mass is 127. The molecule has 1 amide bonds. The molecular weight excluding hydrogens is 563 g/mol. The molecular formula is C24H30F2INO6. The predicted octanol–water partition coefficient (Wildman–Crippen LogP) is 3.48. The molecule has 0 spiro atoms. The van der Waals surface area contributed by atoms with Crippen molar-refractivity contribution in [2.75, 3.05) is 20.3 Å². The zero-order chi connectivity index (χ0) is 25.1. The average Bonchev–Trinajstić information content (AvgIpc) is 3.24. The van der Waals surface area contributed by atoms with Gasteiger partial charge in [-0.05, 0) is 32.3 Å². The van der Waals surface area contributed by atoms with E-state index in [-0.39, 0.29) is 26.2 Å². The summed E-state index contributed by atoms with van der Waals surface area (Å²) in [5.74, 6) is -2.06. The third-order valence-corrected chi connectivity index (χ3v) is 7.03. The van der Waals surface area contributed by atoms with Crippen LogP contribution in [-0.2, 0) is 30.4 Å². The fourth-order valence-electron chi connectivity index (χ4n) is 4.58. The number of hydrogen-bond donors (Lipinski definition) is 1. The quantitative estimate of drug-likeness (QED) is 0.215. The molecule has 1 fully saturated rings. The van der Waals surface area contributed by atoms with Crippen LogP contribution in [0.4, 0.5) is 8.78 Å². The van der Waals surface area contributed by atoms with E-state index in [4.69, 9.17) is 14.2 Å². The Morgan fingerprint density at radius 2 is 1.97 bits per heavy atom. The first-order chi connectivity index (χ1) is 15.9. The van der Waals surface area contributed by atoms with Gasteiger partial charge in [-0.15, -0.1) is 0 Å². The van der Waals surface area contributed by atoms with Gasteiger partial charge in [-0.1, -0.05) is 42.5 Å². The molecule has 1 aromatic carbocycles. The average molecular weight is 593 g/mol. The number of methoxy groups -OCH3 is 1. The number of aliphatic hydroxyl groups is 1. The molecule has 1 N–H and O–H groups in total. The van der Waals surface area contributed by atoms with E-state index in [1.165, 1.54) is 33.1 Å². The van der Waals surface area contributed by atoms with E-state index < -0.39 is 45.0 Å². The monoisotopic (exact) mass is 593 g/mol. The van der Waals surface area contributed by atoms with Crippen LogP contribution in [0.2, 0.25) is 0 Å². The zero-order valence-electron chi connectivity index (χ0n) is 19.4. The second-order valence-electron chi connectivity index (χ2n) is 9.14. The van der Waals surface area contributed by atoms with Crippen LogP contribution in [0.5, 0.6) is 0 Å². The van der Waals surface area contributed by atoms with E-state index in [2.05, 4.69) is 0 Å². The van der Waals surface area contributed by atoms with Gasteiger partial charge in [0.15, 0.2) is 0 Å². The lowest BCUT2D eigenvalue weighted by Crippen LogP contribution is -2.59. The predicted molar refractivity (Wildman–Crippen MR) is 128 cm³/mol. The van der Waals surface area contributed by atoms with Crippen molar-refractivity contribution in [3.63, 3.8) is 0 Å². The van der Waals surface area contributed by atoms with Gasteiger partial charge in [0.1, 0.15) is 18.1 Å². The Morgan fingerprint density at radius 3 is 2.56 bits per heavy atom. The summed E-state index contributed by atoms with van der Waals surface area (Å²) in [5, 5.41) is 11.0. The Hall–Kier alpha value is -1.63. The van der Waals surface area contributed by atoms with E-state index >= 15 is 0 Å². The summed E-state index contributed by atoms with van der Waals surface area (Å²) >= 11 is 0.816. The number of ether oxygens (including phenoxy) is 3. The summed E-state index contributed by atoms with van der Waals surface area (Å²) < 4.78 is 41.2. The van der Waals surface area contributed by atoms with Gasteiger partial charge < -0.3 is 24.2 Å². The third kappa shape index (κ3) is 5.60. The molecule has 0 bridgehead atoms. The van der Waals surface area contributed by atoms with Gasteiger partial charge in [0, 0.05) is 36.3 Å². The van der Waals surface area contributed by atoms with Gasteiger partial charge in [-0.25, -0.2) is 0 Å². The topological polar surface area (TPSA) is 85.3 Å². The molecule has 1 aliphatic heterocycles. The van der Waals surface area contributed by atoms with Crippen molar-refractivity contribution in [2.45, 2.75) is 61.0 Å². The van der Waals surface area contributed by atoms with Crippen molar-refractivity contribution in [1.29, 1.82) is 0 Å². The number of rotatable bonds is 8. The van der Waals surface area contributed by atoms with Crippen molar-refractivity contribution >= 4 is 34.5 Å². The van der Waals surface area contributed by atoms with Gasteiger partial charge in [-0.3, -0.25) is 9.59 Å². The molecule has 2 aliphatic rings. The summed E-state index contributed by atoms with van der Waals surface area (Å²) in [4.78, 5) is 27.3.